The molecule has 0 atom stereocenters. The van der Waals surface area contributed by atoms with Crippen LogP contribution in [0, 0.1) is 5.92 Å². The molecule has 1 heteroatoms. The molecule has 0 saturated heterocycles. The summed E-state index contributed by atoms with van der Waals surface area (Å²) in [6, 6.07) is 0. The van der Waals surface area contributed by atoms with Gasteiger partial charge in [0.2, 0.25) is 0 Å². The Morgan fingerprint density at radius 2 is 1.88 bits per heavy atom. The van der Waals surface area contributed by atoms with E-state index in [4.69, 9.17) is 0 Å². The molecule has 0 aromatic rings. The highest BCUT2D eigenvalue weighted by Crippen LogP contribution is 1.94. The van der Waals surface area contributed by atoms with E-state index in [9.17, 15) is 0 Å². The fourth-order valence-electron chi connectivity index (χ4n) is 0.328. The summed E-state index contributed by atoms with van der Waals surface area (Å²) in [5.41, 5.74) is 0. The Hall–Kier alpha value is 0.210. The van der Waals surface area contributed by atoms with Crippen molar-refractivity contribution in [3.63, 3.8) is 0 Å². The predicted molar refractivity (Wildman–Crippen MR) is 47.1 cm³/mol. The number of allylic oxidation sites excluding steroid dienone is 3. The fourth-order valence-corrected chi connectivity index (χ4v) is 0.568. The SMILES string of the molecule is CC(C)/C=C/C=C/I. The molecule has 46 valence electrons. The van der Waals surface area contributed by atoms with Crippen LogP contribution in [0.1, 0.15) is 13.8 Å². The topological polar surface area (TPSA) is 0 Å². The van der Waals surface area contributed by atoms with Gasteiger partial charge in [0, 0.05) is 0 Å². The van der Waals surface area contributed by atoms with E-state index in [-0.39, 0.29) is 0 Å². The summed E-state index contributed by atoms with van der Waals surface area (Å²) in [5, 5.41) is 0. The number of hydrogen-bond acceptors (Lipinski definition) is 0. The van der Waals surface area contributed by atoms with Gasteiger partial charge in [-0.25, -0.2) is 0 Å². The second-order valence-corrected chi connectivity index (χ2v) is 2.67. The van der Waals surface area contributed by atoms with E-state index in [1.54, 1.807) is 0 Å². The Kier molecular flexibility index (Phi) is 5.49. The van der Waals surface area contributed by atoms with E-state index >= 15 is 0 Å². The van der Waals surface area contributed by atoms with E-state index < -0.39 is 0 Å². The lowest BCUT2D eigenvalue weighted by Gasteiger charge is -1.87. The molecule has 0 heterocycles. The van der Waals surface area contributed by atoms with Crippen LogP contribution in [-0.4, -0.2) is 0 Å². The van der Waals surface area contributed by atoms with Crippen molar-refractivity contribution >= 4 is 22.6 Å². The van der Waals surface area contributed by atoms with Gasteiger partial charge in [0.05, 0.1) is 0 Å². The van der Waals surface area contributed by atoms with Crippen molar-refractivity contribution in [2.45, 2.75) is 13.8 Å². The lowest BCUT2D eigenvalue weighted by Crippen LogP contribution is -1.73. The van der Waals surface area contributed by atoms with Crippen molar-refractivity contribution in [1.82, 2.24) is 0 Å². The average Bonchev–Trinajstić information content (AvgIpc) is 1.66. The predicted octanol–water partition coefficient (Wildman–Crippen LogP) is 3.15. The van der Waals surface area contributed by atoms with Crippen LogP contribution in [0.5, 0.6) is 0 Å². The molecule has 0 saturated carbocycles. The van der Waals surface area contributed by atoms with E-state index in [2.05, 4.69) is 48.6 Å². The van der Waals surface area contributed by atoms with Crippen LogP contribution >= 0.6 is 22.6 Å². The van der Waals surface area contributed by atoms with E-state index in [0.29, 0.717) is 5.92 Å². The van der Waals surface area contributed by atoms with Crippen LogP contribution in [0.4, 0.5) is 0 Å². The first kappa shape index (κ1) is 8.21. The maximum Gasteiger partial charge on any atom is -0.0234 e. The third-order valence-corrected chi connectivity index (χ3v) is 1.10. The summed E-state index contributed by atoms with van der Waals surface area (Å²) >= 11 is 2.20. The highest BCUT2D eigenvalue weighted by atomic mass is 127. The smallest absolute Gasteiger partial charge is 0.0234 e. The van der Waals surface area contributed by atoms with Gasteiger partial charge in [-0.1, -0.05) is 54.7 Å². The molecule has 0 rings (SSSR count). The van der Waals surface area contributed by atoms with Crippen LogP contribution in [-0.2, 0) is 0 Å². The van der Waals surface area contributed by atoms with E-state index in [0.717, 1.165) is 0 Å². The third kappa shape index (κ3) is 6.21. The van der Waals surface area contributed by atoms with Crippen LogP contribution < -0.4 is 0 Å². The number of halogens is 1. The Bertz CT molecular complexity index is 90.6. The molecule has 0 unspecified atom stereocenters. The van der Waals surface area contributed by atoms with Crippen LogP contribution in [0.2, 0.25) is 0 Å². The zero-order chi connectivity index (χ0) is 6.41. The first-order chi connectivity index (χ1) is 3.77. The van der Waals surface area contributed by atoms with Crippen molar-refractivity contribution in [3.05, 3.63) is 22.3 Å². The molecule has 0 aromatic carbocycles. The number of hydrogen-bond donors (Lipinski definition) is 0. The second-order valence-electron chi connectivity index (χ2n) is 1.95. The van der Waals surface area contributed by atoms with Gasteiger partial charge in [0.15, 0.2) is 0 Å². The maximum absolute atomic E-state index is 2.20. The Balaban J connectivity index is 3.34. The van der Waals surface area contributed by atoms with Gasteiger partial charge in [-0.3, -0.25) is 0 Å². The number of rotatable bonds is 2. The highest BCUT2D eigenvalue weighted by molar-refractivity contribution is 14.1. The van der Waals surface area contributed by atoms with Gasteiger partial charge < -0.3 is 0 Å². The molecule has 0 radical (unpaired) electrons. The van der Waals surface area contributed by atoms with Gasteiger partial charge >= 0.3 is 0 Å². The quantitative estimate of drug-likeness (QED) is 0.497. The summed E-state index contributed by atoms with van der Waals surface area (Å²) in [6.45, 7) is 4.33. The minimum Gasteiger partial charge on any atom is -0.0820 e. The molecule has 0 spiro atoms. The van der Waals surface area contributed by atoms with Crippen LogP contribution in [0.25, 0.3) is 0 Å². The largest absolute Gasteiger partial charge is 0.0820 e. The summed E-state index contributed by atoms with van der Waals surface area (Å²) in [6.07, 6.45) is 6.26. The zero-order valence-corrected chi connectivity index (χ0v) is 7.42. The molecule has 0 N–H and O–H groups in total. The normalized spacial score (nSPS) is 12.5. The summed E-state index contributed by atoms with van der Waals surface area (Å²) < 4.78 is 2.00. The Labute approximate surface area is 64.8 Å². The molecule has 0 nitrogen and oxygen atoms in total. The molecule has 0 fully saturated rings. The average molecular weight is 222 g/mol. The maximum atomic E-state index is 2.20. The molecular formula is C7H11I. The van der Waals surface area contributed by atoms with Gasteiger partial charge in [-0.2, -0.15) is 0 Å². The monoisotopic (exact) mass is 222 g/mol. The first-order valence-corrected chi connectivity index (χ1v) is 3.95. The van der Waals surface area contributed by atoms with Crippen molar-refractivity contribution in [3.8, 4) is 0 Å². The molecule has 0 aliphatic rings. The van der Waals surface area contributed by atoms with Crippen LogP contribution in [0.15, 0.2) is 22.3 Å². The third-order valence-electron chi connectivity index (χ3n) is 0.680. The summed E-state index contributed by atoms with van der Waals surface area (Å²) in [7, 11) is 0. The lowest BCUT2D eigenvalue weighted by molar-refractivity contribution is 0.832. The second kappa shape index (κ2) is 5.35. The molecule has 0 amide bonds. The Morgan fingerprint density at radius 1 is 1.25 bits per heavy atom. The van der Waals surface area contributed by atoms with Gasteiger partial charge in [-0.05, 0) is 10.0 Å². The minimum absolute atomic E-state index is 0.669. The zero-order valence-electron chi connectivity index (χ0n) is 5.26. The van der Waals surface area contributed by atoms with Gasteiger partial charge in [-0.15, -0.1) is 0 Å². The van der Waals surface area contributed by atoms with Gasteiger partial charge in [0.1, 0.15) is 0 Å². The molecule has 0 bridgehead atoms. The van der Waals surface area contributed by atoms with Crippen molar-refractivity contribution in [2.24, 2.45) is 5.92 Å². The van der Waals surface area contributed by atoms with Crippen LogP contribution in [0.3, 0.4) is 0 Å². The van der Waals surface area contributed by atoms with Crippen molar-refractivity contribution in [1.29, 1.82) is 0 Å². The summed E-state index contributed by atoms with van der Waals surface area (Å²) in [4.78, 5) is 0. The first-order valence-electron chi connectivity index (χ1n) is 2.71. The Morgan fingerprint density at radius 3 is 2.25 bits per heavy atom. The van der Waals surface area contributed by atoms with E-state index in [1.807, 2.05) is 10.2 Å². The minimum atomic E-state index is 0.669. The standard InChI is InChI=1S/C7H11I/c1-7(2)5-3-4-6-8/h3-7H,1-2H3/b5-3+,6-4+. The molecule has 0 aliphatic carbocycles. The molecular weight excluding hydrogens is 211 g/mol. The molecule has 8 heavy (non-hydrogen) atoms. The van der Waals surface area contributed by atoms with Crippen molar-refractivity contribution < 1.29 is 0 Å². The highest BCUT2D eigenvalue weighted by Gasteiger charge is 1.77. The van der Waals surface area contributed by atoms with Gasteiger partial charge in [0.25, 0.3) is 0 Å². The van der Waals surface area contributed by atoms with Crippen molar-refractivity contribution in [2.75, 3.05) is 0 Å². The molecule has 0 aliphatic heterocycles. The van der Waals surface area contributed by atoms with E-state index in [1.165, 1.54) is 0 Å². The fraction of sp³-hybridized carbons (Fsp3) is 0.429. The summed E-state index contributed by atoms with van der Waals surface area (Å²) in [5.74, 6) is 0.669. The lowest BCUT2D eigenvalue weighted by atomic mass is 10.2. The molecule has 0 aromatic heterocycles.